The van der Waals surface area contributed by atoms with E-state index in [1.54, 1.807) is 4.90 Å². The van der Waals surface area contributed by atoms with Crippen molar-refractivity contribution >= 4 is 5.91 Å². The Bertz CT molecular complexity index is 732. The van der Waals surface area contributed by atoms with Crippen LogP contribution in [0.15, 0.2) is 24.4 Å². The van der Waals surface area contributed by atoms with Crippen molar-refractivity contribution in [3.05, 3.63) is 41.2 Å². The third kappa shape index (κ3) is 3.99. The molecule has 3 rings (SSSR count). The quantitative estimate of drug-likeness (QED) is 0.861. The number of benzene rings is 1. The van der Waals surface area contributed by atoms with E-state index in [1.165, 1.54) is 11.8 Å². The minimum Gasteiger partial charge on any atom is -0.493 e. The van der Waals surface area contributed by atoms with E-state index >= 15 is 0 Å². The highest BCUT2D eigenvalue weighted by atomic mass is 16.5. The van der Waals surface area contributed by atoms with Crippen LogP contribution in [0.3, 0.4) is 0 Å². The third-order valence-electron chi connectivity index (χ3n) is 4.62. The zero-order chi connectivity index (χ0) is 17.9. The number of likely N-dealkylation sites (tertiary alicyclic amines) is 1. The molecular weight excluding hydrogens is 320 g/mol. The molecule has 2 heterocycles. The number of β-amino-alcohol motifs (C(OH)–C–C–N with tert-alkyl or cyclic N) is 1. The summed E-state index contributed by atoms with van der Waals surface area (Å²) in [5.41, 5.74) is 1.60. The van der Waals surface area contributed by atoms with Crippen molar-refractivity contribution in [2.24, 2.45) is 0 Å². The number of aryl methyl sites for hydroxylation is 2. The maximum atomic E-state index is 12.5. The lowest BCUT2D eigenvalue weighted by molar-refractivity contribution is -0.139. The number of ether oxygens (including phenoxy) is 1. The van der Waals surface area contributed by atoms with Crippen LogP contribution in [0.1, 0.15) is 36.1 Å². The Labute approximate surface area is 147 Å². The molecule has 7 nitrogen and oxygen atoms in total. The average molecular weight is 344 g/mol. The lowest BCUT2D eigenvalue weighted by Crippen LogP contribution is -2.49. The summed E-state index contributed by atoms with van der Waals surface area (Å²) < 4.78 is 5.74. The Morgan fingerprint density at radius 1 is 1.44 bits per heavy atom. The molecule has 0 bridgehead atoms. The second-order valence-electron chi connectivity index (χ2n) is 6.67. The zero-order valence-corrected chi connectivity index (χ0v) is 14.7. The number of nitrogens with one attached hydrogen (secondary N) is 1. The molecule has 1 saturated heterocycles. The third-order valence-corrected chi connectivity index (χ3v) is 4.62. The van der Waals surface area contributed by atoms with Crippen molar-refractivity contribution in [1.29, 1.82) is 0 Å². The number of hydrogen-bond acceptors (Lipinski definition) is 5. The van der Waals surface area contributed by atoms with Gasteiger partial charge in [-0.2, -0.15) is 15.4 Å². The van der Waals surface area contributed by atoms with Crippen molar-refractivity contribution in [2.75, 3.05) is 19.7 Å². The lowest BCUT2D eigenvalue weighted by Gasteiger charge is -2.38. The maximum absolute atomic E-state index is 12.5. The predicted octanol–water partition coefficient (Wildman–Crippen LogP) is 1.70. The first-order chi connectivity index (χ1) is 12.0. The van der Waals surface area contributed by atoms with E-state index in [1.807, 2.05) is 26.0 Å². The summed E-state index contributed by atoms with van der Waals surface area (Å²) in [6, 6.07) is 5.98. The first-order valence-corrected chi connectivity index (χ1v) is 8.54. The van der Waals surface area contributed by atoms with E-state index < -0.39 is 5.60 Å². The van der Waals surface area contributed by atoms with Gasteiger partial charge < -0.3 is 14.7 Å². The number of aromatic nitrogens is 3. The van der Waals surface area contributed by atoms with Gasteiger partial charge in [-0.25, -0.2) is 0 Å². The molecule has 1 aliphatic heterocycles. The van der Waals surface area contributed by atoms with Crippen LogP contribution >= 0.6 is 0 Å². The van der Waals surface area contributed by atoms with Crippen molar-refractivity contribution in [2.45, 2.75) is 38.7 Å². The van der Waals surface area contributed by atoms with E-state index in [0.29, 0.717) is 25.3 Å². The molecule has 0 unspecified atom stereocenters. The van der Waals surface area contributed by atoms with Crippen LogP contribution in [-0.4, -0.2) is 51.0 Å². The Hall–Kier alpha value is -2.41. The van der Waals surface area contributed by atoms with Crippen LogP contribution in [0.2, 0.25) is 0 Å². The van der Waals surface area contributed by atoms with Crippen molar-refractivity contribution in [1.82, 2.24) is 20.3 Å². The molecule has 134 valence electrons. The highest BCUT2D eigenvalue weighted by Crippen LogP contribution is 2.30. The van der Waals surface area contributed by atoms with Crippen LogP contribution in [0.25, 0.3) is 0 Å². The normalized spacial score (nSPS) is 20.5. The molecule has 1 aromatic heterocycles. The number of hydrogen-bond donors (Lipinski definition) is 2. The van der Waals surface area contributed by atoms with Crippen molar-refractivity contribution < 1.29 is 14.6 Å². The van der Waals surface area contributed by atoms with E-state index in [9.17, 15) is 9.90 Å². The van der Waals surface area contributed by atoms with Crippen LogP contribution in [-0.2, 0) is 10.4 Å². The minimum atomic E-state index is -1.13. The number of amides is 1. The minimum absolute atomic E-state index is 0.0219. The molecule has 7 heteroatoms. The summed E-state index contributed by atoms with van der Waals surface area (Å²) in [6.07, 6.45) is 3.09. The van der Waals surface area contributed by atoms with Gasteiger partial charge >= 0.3 is 0 Å². The Kier molecular flexibility index (Phi) is 5.03. The lowest BCUT2D eigenvalue weighted by atomic mass is 9.90. The molecule has 1 fully saturated rings. The van der Waals surface area contributed by atoms with E-state index in [2.05, 4.69) is 21.5 Å². The number of piperidine rings is 1. The van der Waals surface area contributed by atoms with Gasteiger partial charge in [0.25, 0.3) is 0 Å². The number of H-pyrrole nitrogens is 1. The number of aromatic amines is 1. The smallest absolute Gasteiger partial charge is 0.226 e. The zero-order valence-electron chi connectivity index (χ0n) is 14.7. The first kappa shape index (κ1) is 17.4. The van der Waals surface area contributed by atoms with Crippen LogP contribution < -0.4 is 4.74 Å². The Morgan fingerprint density at radius 3 is 3.00 bits per heavy atom. The summed E-state index contributed by atoms with van der Waals surface area (Å²) in [5.74, 6) is 0.780. The monoisotopic (exact) mass is 344 g/mol. The van der Waals surface area contributed by atoms with Gasteiger partial charge in [0.2, 0.25) is 5.91 Å². The second kappa shape index (κ2) is 7.23. The summed E-state index contributed by atoms with van der Waals surface area (Å²) in [6.45, 7) is 5.23. The van der Waals surface area contributed by atoms with Crippen LogP contribution in [0.4, 0.5) is 0 Å². The molecule has 1 amide bonds. The molecular formula is C18H24N4O3. The fraction of sp³-hybridized carbons (Fsp3) is 0.500. The second-order valence-corrected chi connectivity index (χ2v) is 6.67. The molecule has 2 aromatic rings. The number of aliphatic hydroxyl groups is 1. The van der Waals surface area contributed by atoms with Gasteiger partial charge in [-0.3, -0.25) is 4.79 Å². The molecule has 0 spiro atoms. The predicted molar refractivity (Wildman–Crippen MR) is 92.1 cm³/mol. The average Bonchev–Trinajstić information content (AvgIpc) is 3.12. The molecule has 1 aliphatic rings. The van der Waals surface area contributed by atoms with Gasteiger partial charge in [-0.1, -0.05) is 17.7 Å². The molecule has 0 saturated carbocycles. The standard InChI is InChI=1S/C18H24N4O3/c1-13-4-5-15(14(2)10-13)25-9-6-17(23)22-8-3-7-18(24,12-22)16-11-19-21-20-16/h4-5,10-11,24H,3,6-9,12H2,1-2H3,(H,19,20,21)/t18-/m1/s1. The van der Waals surface area contributed by atoms with E-state index in [0.717, 1.165) is 17.7 Å². The van der Waals surface area contributed by atoms with E-state index in [-0.39, 0.29) is 18.9 Å². The number of rotatable bonds is 5. The number of nitrogens with zero attached hydrogens (tertiary/aromatic N) is 3. The van der Waals surface area contributed by atoms with Crippen LogP contribution in [0, 0.1) is 13.8 Å². The summed E-state index contributed by atoms with van der Waals surface area (Å²) in [5, 5.41) is 21.0. The molecule has 0 radical (unpaired) electrons. The maximum Gasteiger partial charge on any atom is 0.226 e. The van der Waals surface area contributed by atoms with E-state index in [4.69, 9.17) is 4.74 Å². The Morgan fingerprint density at radius 2 is 2.28 bits per heavy atom. The fourth-order valence-electron chi connectivity index (χ4n) is 3.25. The van der Waals surface area contributed by atoms with Crippen molar-refractivity contribution in [3.63, 3.8) is 0 Å². The van der Waals surface area contributed by atoms with Gasteiger partial charge in [0.15, 0.2) is 0 Å². The highest BCUT2D eigenvalue weighted by Gasteiger charge is 2.38. The molecule has 2 N–H and O–H groups in total. The molecule has 0 aliphatic carbocycles. The van der Waals surface area contributed by atoms with Crippen molar-refractivity contribution in [3.8, 4) is 5.75 Å². The number of carbonyl (C=O) groups is 1. The highest BCUT2D eigenvalue weighted by molar-refractivity contribution is 5.76. The van der Waals surface area contributed by atoms with Gasteiger partial charge in [-0.15, -0.1) is 0 Å². The summed E-state index contributed by atoms with van der Waals surface area (Å²) in [7, 11) is 0. The van der Waals surface area contributed by atoms with Crippen LogP contribution in [0.5, 0.6) is 5.75 Å². The summed E-state index contributed by atoms with van der Waals surface area (Å²) in [4.78, 5) is 14.2. The van der Waals surface area contributed by atoms with Gasteiger partial charge in [-0.05, 0) is 38.3 Å². The number of carbonyl (C=O) groups excluding carboxylic acids is 1. The Balaban J connectivity index is 1.54. The summed E-state index contributed by atoms with van der Waals surface area (Å²) >= 11 is 0. The topological polar surface area (TPSA) is 91.3 Å². The van der Waals surface area contributed by atoms with Gasteiger partial charge in [0.1, 0.15) is 17.0 Å². The largest absolute Gasteiger partial charge is 0.493 e. The first-order valence-electron chi connectivity index (χ1n) is 8.54. The molecule has 25 heavy (non-hydrogen) atoms. The van der Waals surface area contributed by atoms with Gasteiger partial charge in [0, 0.05) is 6.54 Å². The van der Waals surface area contributed by atoms with Gasteiger partial charge in [0.05, 0.1) is 25.8 Å². The fourth-order valence-corrected chi connectivity index (χ4v) is 3.25. The molecule has 1 atom stereocenters. The molecule has 1 aromatic carbocycles. The SMILES string of the molecule is Cc1ccc(OCCC(=O)N2CCC[C@](O)(c3cn[nH]n3)C2)c(C)c1.